The Balaban J connectivity index is 2.39. The summed E-state index contributed by atoms with van der Waals surface area (Å²) in [6.07, 6.45) is 0. The number of hydrogen-bond donors (Lipinski definition) is 1. The van der Waals surface area contributed by atoms with Crippen molar-refractivity contribution in [2.75, 3.05) is 5.32 Å². The molecule has 0 radical (unpaired) electrons. The van der Waals surface area contributed by atoms with Gasteiger partial charge in [0.15, 0.2) is 5.58 Å². The summed E-state index contributed by atoms with van der Waals surface area (Å²) in [5, 5.41) is 3.20. The van der Waals surface area contributed by atoms with Gasteiger partial charge in [-0.1, -0.05) is 15.9 Å². The molecule has 0 aliphatic carbocycles. The van der Waals surface area contributed by atoms with E-state index in [1.807, 2.05) is 18.2 Å². The van der Waals surface area contributed by atoms with Crippen molar-refractivity contribution < 1.29 is 4.42 Å². The summed E-state index contributed by atoms with van der Waals surface area (Å²) < 4.78 is 6.56. The molecule has 0 saturated carbocycles. The first-order valence-corrected chi connectivity index (χ1v) is 5.58. The van der Waals surface area contributed by atoms with Crippen LogP contribution < -0.4 is 5.32 Å². The molecule has 15 heavy (non-hydrogen) atoms. The molecule has 0 fully saturated rings. The van der Waals surface area contributed by atoms with Gasteiger partial charge in [0, 0.05) is 10.0 Å². The smallest absolute Gasteiger partial charge is 0.296 e. The molecule has 0 bridgehead atoms. The SMILES string of the molecule is CC(C)(C)Nc1nc2cc(Br)ccc2o1. The Morgan fingerprint density at radius 2 is 2.07 bits per heavy atom. The van der Waals surface area contributed by atoms with Crippen LogP contribution in [0.5, 0.6) is 0 Å². The Hall–Kier alpha value is -1.03. The third-order valence-corrected chi connectivity index (χ3v) is 2.32. The van der Waals surface area contributed by atoms with Gasteiger partial charge in [-0.2, -0.15) is 4.98 Å². The molecule has 4 heteroatoms. The molecule has 1 heterocycles. The van der Waals surface area contributed by atoms with E-state index >= 15 is 0 Å². The van der Waals surface area contributed by atoms with Crippen LogP contribution in [0.1, 0.15) is 20.8 Å². The van der Waals surface area contributed by atoms with E-state index in [9.17, 15) is 0 Å². The molecule has 0 saturated heterocycles. The van der Waals surface area contributed by atoms with Gasteiger partial charge in [0.05, 0.1) is 0 Å². The number of rotatable bonds is 1. The second-order valence-corrected chi connectivity index (χ2v) is 5.42. The Labute approximate surface area is 97.0 Å². The molecule has 3 nitrogen and oxygen atoms in total. The number of aromatic nitrogens is 1. The van der Waals surface area contributed by atoms with Crippen molar-refractivity contribution in [3.63, 3.8) is 0 Å². The quantitative estimate of drug-likeness (QED) is 0.855. The van der Waals surface area contributed by atoms with Crippen molar-refractivity contribution in [2.24, 2.45) is 0 Å². The van der Waals surface area contributed by atoms with Gasteiger partial charge < -0.3 is 9.73 Å². The number of anilines is 1. The minimum absolute atomic E-state index is 0.0435. The minimum atomic E-state index is -0.0435. The van der Waals surface area contributed by atoms with Crippen molar-refractivity contribution in [2.45, 2.75) is 26.3 Å². The number of oxazole rings is 1. The van der Waals surface area contributed by atoms with Crippen LogP contribution in [0.25, 0.3) is 11.1 Å². The predicted molar refractivity (Wildman–Crippen MR) is 65.1 cm³/mol. The zero-order valence-electron chi connectivity index (χ0n) is 8.97. The summed E-state index contributed by atoms with van der Waals surface area (Å²) in [5.41, 5.74) is 1.61. The summed E-state index contributed by atoms with van der Waals surface area (Å²) in [6.45, 7) is 6.20. The molecular formula is C11H13BrN2O. The maximum atomic E-state index is 5.56. The Morgan fingerprint density at radius 3 is 2.73 bits per heavy atom. The van der Waals surface area contributed by atoms with Crippen LogP contribution in [0.2, 0.25) is 0 Å². The fourth-order valence-electron chi connectivity index (χ4n) is 1.27. The monoisotopic (exact) mass is 268 g/mol. The first kappa shape index (κ1) is 10.5. The number of fused-ring (bicyclic) bond motifs is 1. The molecule has 1 N–H and O–H groups in total. The predicted octanol–water partition coefficient (Wildman–Crippen LogP) is 3.80. The Bertz CT molecular complexity index is 485. The third kappa shape index (κ3) is 2.50. The van der Waals surface area contributed by atoms with Crippen LogP contribution in [-0.2, 0) is 0 Å². The van der Waals surface area contributed by atoms with E-state index < -0.39 is 0 Å². The molecule has 80 valence electrons. The number of benzene rings is 1. The zero-order chi connectivity index (χ0) is 11.1. The van der Waals surface area contributed by atoms with E-state index in [0.29, 0.717) is 6.01 Å². The molecule has 0 aliphatic rings. The van der Waals surface area contributed by atoms with E-state index in [1.165, 1.54) is 0 Å². The van der Waals surface area contributed by atoms with E-state index in [-0.39, 0.29) is 5.54 Å². The first-order valence-electron chi connectivity index (χ1n) is 4.78. The van der Waals surface area contributed by atoms with Crippen molar-refractivity contribution >= 4 is 33.0 Å². The summed E-state index contributed by atoms with van der Waals surface area (Å²) in [4.78, 5) is 4.35. The van der Waals surface area contributed by atoms with Gasteiger partial charge in [0.2, 0.25) is 0 Å². The van der Waals surface area contributed by atoms with Crippen LogP contribution in [0, 0.1) is 0 Å². The molecule has 1 aromatic heterocycles. The van der Waals surface area contributed by atoms with Gasteiger partial charge in [-0.15, -0.1) is 0 Å². The van der Waals surface area contributed by atoms with E-state index in [0.717, 1.165) is 15.6 Å². The zero-order valence-corrected chi connectivity index (χ0v) is 10.6. The Morgan fingerprint density at radius 1 is 1.33 bits per heavy atom. The van der Waals surface area contributed by atoms with E-state index in [1.54, 1.807) is 0 Å². The van der Waals surface area contributed by atoms with Crippen LogP contribution >= 0.6 is 15.9 Å². The number of nitrogens with zero attached hydrogens (tertiary/aromatic N) is 1. The van der Waals surface area contributed by atoms with Crippen molar-refractivity contribution in [3.05, 3.63) is 22.7 Å². The lowest BCUT2D eigenvalue weighted by atomic mass is 10.1. The number of nitrogens with one attached hydrogen (secondary N) is 1. The molecule has 0 atom stereocenters. The lowest BCUT2D eigenvalue weighted by Crippen LogP contribution is -2.26. The molecule has 0 unspecified atom stereocenters. The lowest BCUT2D eigenvalue weighted by molar-refractivity contribution is 0.555. The average molecular weight is 269 g/mol. The normalized spacial score (nSPS) is 12.0. The Kier molecular flexibility index (Phi) is 2.46. The maximum Gasteiger partial charge on any atom is 0.296 e. The summed E-state index contributed by atoms with van der Waals surface area (Å²) in [7, 11) is 0. The fourth-order valence-corrected chi connectivity index (χ4v) is 1.62. The number of halogens is 1. The largest absolute Gasteiger partial charge is 0.424 e. The minimum Gasteiger partial charge on any atom is -0.424 e. The molecule has 1 aromatic carbocycles. The lowest BCUT2D eigenvalue weighted by Gasteiger charge is -2.18. The molecule has 0 aliphatic heterocycles. The highest BCUT2D eigenvalue weighted by Crippen LogP contribution is 2.24. The van der Waals surface area contributed by atoms with Crippen molar-refractivity contribution in [3.8, 4) is 0 Å². The highest BCUT2D eigenvalue weighted by atomic mass is 79.9. The molecule has 0 spiro atoms. The van der Waals surface area contributed by atoms with Crippen LogP contribution in [0.3, 0.4) is 0 Å². The number of hydrogen-bond acceptors (Lipinski definition) is 3. The van der Waals surface area contributed by atoms with Gasteiger partial charge in [0.1, 0.15) is 5.52 Å². The van der Waals surface area contributed by atoms with E-state index in [2.05, 4.69) is 47.0 Å². The molecular weight excluding hydrogens is 256 g/mol. The van der Waals surface area contributed by atoms with Gasteiger partial charge in [-0.3, -0.25) is 0 Å². The second kappa shape index (κ2) is 3.52. The van der Waals surface area contributed by atoms with Crippen LogP contribution in [0.4, 0.5) is 6.01 Å². The van der Waals surface area contributed by atoms with Crippen molar-refractivity contribution in [1.82, 2.24) is 4.98 Å². The van der Waals surface area contributed by atoms with Crippen LogP contribution in [-0.4, -0.2) is 10.5 Å². The second-order valence-electron chi connectivity index (χ2n) is 4.51. The maximum absolute atomic E-state index is 5.56. The molecule has 2 aromatic rings. The third-order valence-electron chi connectivity index (χ3n) is 1.83. The van der Waals surface area contributed by atoms with Crippen LogP contribution in [0.15, 0.2) is 27.1 Å². The summed E-state index contributed by atoms with van der Waals surface area (Å²) >= 11 is 3.40. The average Bonchev–Trinajstić information content (AvgIpc) is 2.42. The van der Waals surface area contributed by atoms with Crippen molar-refractivity contribution in [1.29, 1.82) is 0 Å². The van der Waals surface area contributed by atoms with Gasteiger partial charge in [-0.05, 0) is 39.0 Å². The first-order chi connectivity index (χ1) is 6.94. The standard InChI is InChI=1S/C11H13BrN2O/c1-11(2,3)14-10-13-8-6-7(12)4-5-9(8)15-10/h4-6H,1-3H3,(H,13,14). The van der Waals surface area contributed by atoms with Gasteiger partial charge in [-0.25, -0.2) is 0 Å². The van der Waals surface area contributed by atoms with Gasteiger partial charge >= 0.3 is 0 Å². The summed E-state index contributed by atoms with van der Waals surface area (Å²) in [5.74, 6) is 0. The van der Waals surface area contributed by atoms with E-state index in [4.69, 9.17) is 4.42 Å². The topological polar surface area (TPSA) is 38.1 Å². The highest BCUT2D eigenvalue weighted by molar-refractivity contribution is 9.10. The highest BCUT2D eigenvalue weighted by Gasteiger charge is 2.13. The fraction of sp³-hybridized carbons (Fsp3) is 0.364. The van der Waals surface area contributed by atoms with Gasteiger partial charge in [0.25, 0.3) is 6.01 Å². The summed E-state index contributed by atoms with van der Waals surface area (Å²) in [6, 6.07) is 6.34. The molecule has 2 rings (SSSR count). The molecule has 0 amide bonds.